The molecule has 0 unspecified atom stereocenters. The molecule has 2 nitrogen and oxygen atoms in total. The minimum absolute atomic E-state index is 0.298. The summed E-state index contributed by atoms with van der Waals surface area (Å²) in [4.78, 5) is 0. The van der Waals surface area contributed by atoms with Crippen molar-refractivity contribution in [1.29, 1.82) is 0 Å². The van der Waals surface area contributed by atoms with Gasteiger partial charge in [0.1, 0.15) is 5.75 Å². The Morgan fingerprint density at radius 3 is 2.38 bits per heavy atom. The zero-order chi connectivity index (χ0) is 15.1. The summed E-state index contributed by atoms with van der Waals surface area (Å²) in [5, 5.41) is 2.48. The van der Waals surface area contributed by atoms with Crippen LogP contribution in [0.2, 0.25) is 0 Å². The van der Waals surface area contributed by atoms with E-state index in [1.54, 1.807) is 0 Å². The van der Waals surface area contributed by atoms with Crippen LogP contribution < -0.4 is 10.5 Å². The normalized spacial score (nSPS) is 11.8. The number of ether oxygens (including phenoxy) is 1. The molecule has 0 aliphatic rings. The lowest BCUT2D eigenvalue weighted by atomic mass is 9.78. The van der Waals surface area contributed by atoms with Crippen LogP contribution in [-0.4, -0.2) is 13.2 Å². The van der Waals surface area contributed by atoms with Crippen molar-refractivity contribution < 1.29 is 4.74 Å². The summed E-state index contributed by atoms with van der Waals surface area (Å²) in [6, 6.07) is 14.7. The molecule has 2 aromatic carbocycles. The van der Waals surface area contributed by atoms with E-state index in [1.165, 1.54) is 10.8 Å². The van der Waals surface area contributed by atoms with Crippen molar-refractivity contribution in [2.75, 3.05) is 13.2 Å². The molecule has 0 aliphatic carbocycles. The van der Waals surface area contributed by atoms with E-state index >= 15 is 0 Å². The molecule has 0 spiro atoms. The van der Waals surface area contributed by atoms with Gasteiger partial charge in [0.2, 0.25) is 0 Å². The smallest absolute Gasteiger partial charge is 0.119 e. The SMILES string of the molecule is CCC(CC)(CN)CCCOc1ccc2ccccc2c1. The van der Waals surface area contributed by atoms with Crippen molar-refractivity contribution >= 4 is 10.8 Å². The van der Waals surface area contributed by atoms with Gasteiger partial charge in [-0.1, -0.05) is 44.2 Å². The van der Waals surface area contributed by atoms with Crippen molar-refractivity contribution in [3.8, 4) is 5.75 Å². The summed E-state index contributed by atoms with van der Waals surface area (Å²) in [6.45, 7) is 6.01. The van der Waals surface area contributed by atoms with Crippen LogP contribution in [-0.2, 0) is 0 Å². The topological polar surface area (TPSA) is 35.2 Å². The molecular formula is C19H27NO. The Balaban J connectivity index is 1.87. The van der Waals surface area contributed by atoms with Crippen LogP contribution in [0.3, 0.4) is 0 Å². The molecule has 2 aromatic rings. The van der Waals surface area contributed by atoms with E-state index in [1.807, 2.05) is 0 Å². The van der Waals surface area contributed by atoms with Crippen LogP contribution in [0.5, 0.6) is 5.75 Å². The molecule has 21 heavy (non-hydrogen) atoms. The predicted molar refractivity (Wildman–Crippen MR) is 90.7 cm³/mol. The molecule has 0 heterocycles. The first-order valence-corrected chi connectivity index (χ1v) is 8.04. The molecule has 2 heteroatoms. The van der Waals surface area contributed by atoms with Crippen LogP contribution in [0, 0.1) is 5.41 Å². The van der Waals surface area contributed by atoms with Gasteiger partial charge in [-0.05, 0) is 60.5 Å². The van der Waals surface area contributed by atoms with E-state index in [9.17, 15) is 0 Å². The first kappa shape index (κ1) is 15.8. The molecule has 0 saturated carbocycles. The van der Waals surface area contributed by atoms with Gasteiger partial charge in [0.15, 0.2) is 0 Å². The van der Waals surface area contributed by atoms with Gasteiger partial charge in [-0.2, -0.15) is 0 Å². The van der Waals surface area contributed by atoms with Crippen molar-refractivity contribution in [2.24, 2.45) is 11.1 Å². The summed E-state index contributed by atoms with van der Waals surface area (Å²) in [5.74, 6) is 0.958. The monoisotopic (exact) mass is 285 g/mol. The van der Waals surface area contributed by atoms with Gasteiger partial charge in [-0.25, -0.2) is 0 Å². The molecule has 114 valence electrons. The molecule has 0 saturated heterocycles. The zero-order valence-electron chi connectivity index (χ0n) is 13.3. The Morgan fingerprint density at radius 2 is 1.71 bits per heavy atom. The first-order valence-electron chi connectivity index (χ1n) is 8.04. The lowest BCUT2D eigenvalue weighted by Gasteiger charge is -2.30. The summed E-state index contributed by atoms with van der Waals surface area (Å²) in [7, 11) is 0. The first-order chi connectivity index (χ1) is 10.2. The third-order valence-corrected chi connectivity index (χ3v) is 4.77. The van der Waals surface area contributed by atoms with Gasteiger partial charge in [-0.3, -0.25) is 0 Å². The van der Waals surface area contributed by atoms with E-state index < -0.39 is 0 Å². The number of fused-ring (bicyclic) bond motifs is 1. The van der Waals surface area contributed by atoms with E-state index in [2.05, 4.69) is 56.3 Å². The van der Waals surface area contributed by atoms with Crippen molar-refractivity contribution in [2.45, 2.75) is 39.5 Å². The molecule has 2 rings (SSSR count). The third-order valence-electron chi connectivity index (χ3n) is 4.77. The summed E-state index contributed by atoms with van der Waals surface area (Å²) >= 11 is 0. The standard InChI is InChI=1S/C19H27NO/c1-3-19(4-2,15-20)12-7-13-21-18-11-10-16-8-5-6-9-17(16)14-18/h5-6,8-11,14H,3-4,7,12-13,15,20H2,1-2H3. The van der Waals surface area contributed by atoms with Crippen LogP contribution in [0.15, 0.2) is 42.5 Å². The fourth-order valence-electron chi connectivity index (χ4n) is 2.89. The van der Waals surface area contributed by atoms with Crippen molar-refractivity contribution in [3.05, 3.63) is 42.5 Å². The summed E-state index contributed by atoms with van der Waals surface area (Å²) in [6.07, 6.45) is 4.50. The van der Waals surface area contributed by atoms with Crippen LogP contribution in [0.25, 0.3) is 10.8 Å². The van der Waals surface area contributed by atoms with Crippen molar-refractivity contribution in [3.63, 3.8) is 0 Å². The van der Waals surface area contributed by atoms with Gasteiger partial charge >= 0.3 is 0 Å². The maximum Gasteiger partial charge on any atom is 0.119 e. The Bertz CT molecular complexity index is 552. The van der Waals surface area contributed by atoms with Gasteiger partial charge in [0.25, 0.3) is 0 Å². The second-order valence-electron chi connectivity index (χ2n) is 5.87. The Morgan fingerprint density at radius 1 is 1.00 bits per heavy atom. The highest BCUT2D eigenvalue weighted by atomic mass is 16.5. The summed E-state index contributed by atoms with van der Waals surface area (Å²) < 4.78 is 5.90. The van der Waals surface area contributed by atoms with Gasteiger partial charge < -0.3 is 10.5 Å². The molecule has 0 aromatic heterocycles. The van der Waals surface area contributed by atoms with Crippen LogP contribution >= 0.6 is 0 Å². The molecule has 0 aliphatic heterocycles. The molecule has 0 fully saturated rings. The number of hydrogen-bond acceptors (Lipinski definition) is 2. The number of benzene rings is 2. The second kappa shape index (κ2) is 7.46. The molecule has 2 N–H and O–H groups in total. The van der Waals surface area contributed by atoms with Crippen LogP contribution in [0.4, 0.5) is 0 Å². The second-order valence-corrected chi connectivity index (χ2v) is 5.87. The van der Waals surface area contributed by atoms with E-state index in [4.69, 9.17) is 10.5 Å². The predicted octanol–water partition coefficient (Wildman–Crippen LogP) is 4.76. The molecule has 0 bridgehead atoms. The average molecular weight is 285 g/mol. The van der Waals surface area contributed by atoms with Crippen LogP contribution in [0.1, 0.15) is 39.5 Å². The average Bonchev–Trinajstić information content (AvgIpc) is 2.55. The fraction of sp³-hybridized carbons (Fsp3) is 0.474. The minimum Gasteiger partial charge on any atom is -0.494 e. The minimum atomic E-state index is 0.298. The summed E-state index contributed by atoms with van der Waals surface area (Å²) in [5.41, 5.74) is 6.24. The van der Waals surface area contributed by atoms with E-state index in [0.29, 0.717) is 5.41 Å². The van der Waals surface area contributed by atoms with Gasteiger partial charge in [0, 0.05) is 0 Å². The van der Waals surface area contributed by atoms with Gasteiger partial charge in [0.05, 0.1) is 6.61 Å². The molecular weight excluding hydrogens is 258 g/mol. The number of rotatable bonds is 8. The molecule has 0 atom stereocenters. The van der Waals surface area contributed by atoms with Gasteiger partial charge in [-0.15, -0.1) is 0 Å². The Labute approximate surface area is 128 Å². The Hall–Kier alpha value is -1.54. The third kappa shape index (κ3) is 3.98. The van der Waals surface area contributed by atoms with E-state index in [0.717, 1.165) is 44.6 Å². The van der Waals surface area contributed by atoms with E-state index in [-0.39, 0.29) is 0 Å². The highest BCUT2D eigenvalue weighted by Gasteiger charge is 2.23. The maximum absolute atomic E-state index is 5.94. The lowest BCUT2D eigenvalue weighted by Crippen LogP contribution is -2.29. The van der Waals surface area contributed by atoms with Crippen molar-refractivity contribution in [1.82, 2.24) is 0 Å². The lowest BCUT2D eigenvalue weighted by molar-refractivity contribution is 0.213. The highest BCUT2D eigenvalue weighted by molar-refractivity contribution is 5.83. The molecule has 0 radical (unpaired) electrons. The largest absolute Gasteiger partial charge is 0.494 e. The number of nitrogens with two attached hydrogens (primary N) is 1. The Kier molecular flexibility index (Phi) is 5.63. The fourth-order valence-corrected chi connectivity index (χ4v) is 2.89. The highest BCUT2D eigenvalue weighted by Crippen LogP contribution is 2.30. The maximum atomic E-state index is 5.94. The zero-order valence-corrected chi connectivity index (χ0v) is 13.3. The quantitative estimate of drug-likeness (QED) is 0.709. The number of hydrogen-bond donors (Lipinski definition) is 1. The molecule has 0 amide bonds.